The zero-order valence-corrected chi connectivity index (χ0v) is 18.3. The van der Waals surface area contributed by atoms with Crippen LogP contribution >= 0.6 is 11.3 Å². The number of hydrogen-bond donors (Lipinski definition) is 1. The van der Waals surface area contributed by atoms with Crippen molar-refractivity contribution in [3.63, 3.8) is 0 Å². The van der Waals surface area contributed by atoms with Gasteiger partial charge >= 0.3 is 5.97 Å². The number of hydrogen-bond acceptors (Lipinski definition) is 6. The summed E-state index contributed by atoms with van der Waals surface area (Å²) in [5.74, 6) is -0.0802. The summed E-state index contributed by atoms with van der Waals surface area (Å²) < 4.78 is 40.6. The summed E-state index contributed by atoms with van der Waals surface area (Å²) in [5.41, 5.74) is 0.964. The summed E-state index contributed by atoms with van der Waals surface area (Å²) in [6, 6.07) is 13.8. The number of rotatable bonds is 6. The normalized spacial score (nSPS) is 13.2. The van der Waals surface area contributed by atoms with E-state index in [0.29, 0.717) is 0 Å². The monoisotopic (exact) mass is 443 g/mol. The smallest absolute Gasteiger partial charge is 0.324 e. The van der Waals surface area contributed by atoms with Crippen LogP contribution in [0, 0.1) is 5.92 Å². The van der Waals surface area contributed by atoms with Gasteiger partial charge in [-0.05, 0) is 42.3 Å². The minimum Gasteiger partial charge on any atom is -0.468 e. The Morgan fingerprint density at radius 3 is 2.53 bits per heavy atom. The van der Waals surface area contributed by atoms with E-state index in [0.717, 1.165) is 31.5 Å². The van der Waals surface area contributed by atoms with Crippen LogP contribution in [0.15, 0.2) is 64.1 Å². The lowest BCUT2D eigenvalue weighted by molar-refractivity contribution is -0.143. The van der Waals surface area contributed by atoms with Crippen molar-refractivity contribution in [3.05, 3.63) is 54.8 Å². The van der Waals surface area contributed by atoms with Crippen molar-refractivity contribution in [2.45, 2.75) is 24.8 Å². The van der Waals surface area contributed by atoms with Crippen LogP contribution in [0.3, 0.4) is 0 Å². The molecule has 2 heterocycles. The lowest BCUT2D eigenvalue weighted by Crippen LogP contribution is -2.44. The van der Waals surface area contributed by atoms with Crippen molar-refractivity contribution in [1.29, 1.82) is 0 Å². The molecule has 6 nitrogen and oxygen atoms in total. The van der Waals surface area contributed by atoms with Gasteiger partial charge in [0.15, 0.2) is 0 Å². The van der Waals surface area contributed by atoms with Crippen LogP contribution in [0.1, 0.15) is 13.8 Å². The summed E-state index contributed by atoms with van der Waals surface area (Å²) in [7, 11) is -2.66. The highest BCUT2D eigenvalue weighted by Gasteiger charge is 2.29. The molecule has 156 valence electrons. The lowest BCUT2D eigenvalue weighted by atomic mass is 10.1. The van der Waals surface area contributed by atoms with Crippen LogP contribution in [0.5, 0.6) is 0 Å². The molecule has 4 rings (SSSR count). The van der Waals surface area contributed by atoms with Crippen LogP contribution in [-0.4, -0.2) is 27.5 Å². The summed E-state index contributed by atoms with van der Waals surface area (Å²) in [5, 5.41) is 1.82. The average Bonchev–Trinajstić information content (AvgIpc) is 3.38. The fraction of sp³-hybridized carbons (Fsp3) is 0.227. The van der Waals surface area contributed by atoms with E-state index < -0.39 is 22.0 Å². The fourth-order valence-electron chi connectivity index (χ4n) is 3.34. The third-order valence-corrected chi connectivity index (χ3v) is 7.53. The van der Waals surface area contributed by atoms with E-state index in [-0.39, 0.29) is 10.8 Å². The topological polar surface area (TPSA) is 85.6 Å². The largest absolute Gasteiger partial charge is 0.468 e. The Kier molecular flexibility index (Phi) is 5.40. The van der Waals surface area contributed by atoms with Gasteiger partial charge in [0.05, 0.1) is 18.3 Å². The molecular formula is C22H21NO5S2. The van der Waals surface area contributed by atoms with Gasteiger partial charge in [0.25, 0.3) is 0 Å². The molecule has 0 saturated heterocycles. The highest BCUT2D eigenvalue weighted by atomic mass is 32.2. The molecular weight excluding hydrogens is 422 g/mol. The third kappa shape index (κ3) is 3.74. The lowest BCUT2D eigenvalue weighted by Gasteiger charge is -2.19. The molecule has 0 aliphatic heterocycles. The van der Waals surface area contributed by atoms with Gasteiger partial charge in [0, 0.05) is 25.7 Å². The van der Waals surface area contributed by atoms with Crippen molar-refractivity contribution in [2.24, 2.45) is 5.92 Å². The standard InChI is InChI=1S/C22H21NO5S2/c1-13(2)21(22(24)27-3)23-30(25,26)15-7-9-19-17(12-15)16-8-6-14(11-20(16)29-19)18-5-4-10-28-18/h4-13,21,23H,1-3H3. The second kappa shape index (κ2) is 7.86. The molecule has 1 N–H and O–H groups in total. The number of esters is 1. The number of nitrogens with one attached hydrogen (secondary N) is 1. The third-order valence-electron chi connectivity index (χ3n) is 4.96. The van der Waals surface area contributed by atoms with Crippen LogP contribution in [0.4, 0.5) is 0 Å². The fourth-order valence-corrected chi connectivity index (χ4v) is 5.82. The molecule has 8 heteroatoms. The van der Waals surface area contributed by atoms with Gasteiger partial charge in [0.1, 0.15) is 11.8 Å². The minimum atomic E-state index is -3.90. The number of methoxy groups -OCH3 is 1. The molecule has 30 heavy (non-hydrogen) atoms. The SMILES string of the molecule is COC(=O)C(NS(=O)(=O)c1ccc2sc3cc(-c4ccco4)ccc3c2c1)C(C)C. The maximum atomic E-state index is 13.0. The summed E-state index contributed by atoms with van der Waals surface area (Å²) in [4.78, 5) is 12.1. The van der Waals surface area contributed by atoms with Crippen molar-refractivity contribution >= 4 is 47.5 Å². The van der Waals surface area contributed by atoms with Crippen molar-refractivity contribution < 1.29 is 22.4 Å². The molecule has 0 saturated carbocycles. The van der Waals surface area contributed by atoms with E-state index in [2.05, 4.69) is 4.72 Å². The highest BCUT2D eigenvalue weighted by Crippen LogP contribution is 2.37. The number of ether oxygens (including phenoxy) is 1. The summed E-state index contributed by atoms with van der Waals surface area (Å²) in [6.45, 7) is 3.52. The number of thiophene rings is 1. The Morgan fingerprint density at radius 2 is 1.87 bits per heavy atom. The molecule has 2 aromatic heterocycles. The predicted molar refractivity (Wildman–Crippen MR) is 118 cm³/mol. The first-order valence-corrected chi connectivity index (χ1v) is 11.7. The Balaban J connectivity index is 1.75. The van der Waals surface area contributed by atoms with Gasteiger partial charge < -0.3 is 9.15 Å². The maximum absolute atomic E-state index is 13.0. The number of fused-ring (bicyclic) bond motifs is 3. The molecule has 4 aromatic rings. The number of benzene rings is 2. The van der Waals surface area contributed by atoms with Crippen LogP contribution in [-0.2, 0) is 19.6 Å². The van der Waals surface area contributed by atoms with Crippen LogP contribution < -0.4 is 4.72 Å². The van der Waals surface area contributed by atoms with E-state index in [1.807, 2.05) is 30.3 Å². The zero-order valence-electron chi connectivity index (χ0n) is 16.7. The molecule has 0 bridgehead atoms. The van der Waals surface area contributed by atoms with Gasteiger partial charge in [-0.2, -0.15) is 4.72 Å². The van der Waals surface area contributed by atoms with Gasteiger partial charge in [-0.1, -0.05) is 26.0 Å². The van der Waals surface area contributed by atoms with E-state index in [1.54, 1.807) is 49.6 Å². The van der Waals surface area contributed by atoms with Crippen molar-refractivity contribution in [1.82, 2.24) is 4.72 Å². The molecule has 2 aromatic carbocycles. The zero-order chi connectivity index (χ0) is 21.5. The predicted octanol–water partition coefficient (Wildman–Crippen LogP) is 4.79. The number of furan rings is 1. The summed E-state index contributed by atoms with van der Waals surface area (Å²) >= 11 is 1.59. The van der Waals surface area contributed by atoms with E-state index in [9.17, 15) is 13.2 Å². The molecule has 0 spiro atoms. The quantitative estimate of drug-likeness (QED) is 0.433. The summed E-state index contributed by atoms with van der Waals surface area (Å²) in [6.07, 6.45) is 1.63. The van der Waals surface area contributed by atoms with Crippen molar-refractivity contribution in [3.8, 4) is 11.3 Å². The molecule has 0 aliphatic carbocycles. The maximum Gasteiger partial charge on any atom is 0.324 e. The number of carbonyl (C=O) groups is 1. The number of carbonyl (C=O) groups excluding carboxylic acids is 1. The Hall–Kier alpha value is -2.68. The minimum absolute atomic E-state index is 0.111. The molecule has 1 atom stereocenters. The highest BCUT2D eigenvalue weighted by molar-refractivity contribution is 7.89. The first kappa shape index (κ1) is 20.6. The van der Waals surface area contributed by atoms with E-state index in [1.165, 1.54) is 7.11 Å². The van der Waals surface area contributed by atoms with Gasteiger partial charge in [0.2, 0.25) is 10.0 Å². The Labute approximate surface area is 178 Å². The van der Waals surface area contributed by atoms with E-state index in [4.69, 9.17) is 9.15 Å². The molecule has 0 amide bonds. The molecule has 1 unspecified atom stereocenters. The second-order valence-electron chi connectivity index (χ2n) is 7.31. The Morgan fingerprint density at radius 1 is 1.07 bits per heavy atom. The van der Waals surface area contributed by atoms with E-state index >= 15 is 0 Å². The number of sulfonamides is 1. The van der Waals surface area contributed by atoms with Gasteiger partial charge in [-0.25, -0.2) is 8.42 Å². The Bertz CT molecular complexity index is 1320. The molecule has 0 aliphatic rings. The van der Waals surface area contributed by atoms with Crippen molar-refractivity contribution in [2.75, 3.05) is 7.11 Å². The van der Waals surface area contributed by atoms with Gasteiger partial charge in [-0.15, -0.1) is 11.3 Å². The second-order valence-corrected chi connectivity index (χ2v) is 10.1. The first-order valence-electron chi connectivity index (χ1n) is 9.40. The average molecular weight is 444 g/mol. The molecule has 0 radical (unpaired) electrons. The van der Waals surface area contributed by atoms with Crippen LogP contribution in [0.25, 0.3) is 31.5 Å². The molecule has 0 fully saturated rings. The van der Waals surface area contributed by atoms with Gasteiger partial charge in [-0.3, -0.25) is 4.79 Å². The first-order chi connectivity index (χ1) is 14.3. The van der Waals surface area contributed by atoms with Crippen LogP contribution in [0.2, 0.25) is 0 Å².